The van der Waals surface area contributed by atoms with Crippen LogP contribution in [0.3, 0.4) is 0 Å². The lowest BCUT2D eigenvalue weighted by Gasteiger charge is -2.18. The Morgan fingerprint density at radius 3 is 2.37 bits per heavy atom. The van der Waals surface area contributed by atoms with Gasteiger partial charge in [-0.1, -0.05) is 6.07 Å². The second-order valence-electron chi connectivity index (χ2n) is 6.12. The van der Waals surface area contributed by atoms with Crippen LogP contribution in [-0.2, 0) is 10.0 Å². The van der Waals surface area contributed by atoms with Crippen molar-refractivity contribution in [1.29, 1.82) is 0 Å². The topological polar surface area (TPSA) is 84.9 Å². The van der Waals surface area contributed by atoms with Crippen molar-refractivity contribution in [2.45, 2.75) is 17.9 Å². The smallest absolute Gasteiger partial charge is 0.251 e. The van der Waals surface area contributed by atoms with Crippen LogP contribution in [0.1, 0.15) is 28.9 Å². The van der Waals surface area contributed by atoms with Crippen LogP contribution in [0.25, 0.3) is 0 Å². The molecule has 1 amide bonds. The normalized spacial score (nSPS) is 12.5. The molecule has 1 atom stereocenters. The van der Waals surface area contributed by atoms with Crippen LogP contribution in [0.5, 0.6) is 11.5 Å². The number of nitrogens with zero attached hydrogens (tertiary/aromatic N) is 1. The minimum Gasteiger partial charge on any atom is -0.497 e. The van der Waals surface area contributed by atoms with Crippen LogP contribution in [0.2, 0.25) is 0 Å². The average Bonchev–Trinajstić information content (AvgIpc) is 2.67. The fourth-order valence-corrected chi connectivity index (χ4v) is 3.49. The molecule has 1 N–H and O–H groups in total. The van der Waals surface area contributed by atoms with E-state index in [1.807, 2.05) is 6.92 Å². The highest BCUT2D eigenvalue weighted by Crippen LogP contribution is 2.29. The molecule has 0 aromatic heterocycles. The molecular formula is C19H24N2O5S. The zero-order valence-electron chi connectivity index (χ0n) is 16.0. The van der Waals surface area contributed by atoms with Gasteiger partial charge in [-0.25, -0.2) is 12.7 Å². The second-order valence-corrected chi connectivity index (χ2v) is 8.27. The number of carbonyl (C=O) groups is 1. The lowest BCUT2D eigenvalue weighted by Crippen LogP contribution is -2.27. The van der Waals surface area contributed by atoms with Gasteiger partial charge in [-0.3, -0.25) is 4.79 Å². The molecule has 8 heteroatoms. The number of nitrogens with one attached hydrogen (secondary N) is 1. The van der Waals surface area contributed by atoms with Gasteiger partial charge >= 0.3 is 0 Å². The molecular weight excluding hydrogens is 368 g/mol. The molecule has 0 heterocycles. The lowest BCUT2D eigenvalue weighted by atomic mass is 10.1. The number of amides is 1. The van der Waals surface area contributed by atoms with E-state index in [0.29, 0.717) is 11.5 Å². The molecule has 27 heavy (non-hydrogen) atoms. The molecule has 146 valence electrons. The first-order valence-electron chi connectivity index (χ1n) is 8.26. The number of carbonyl (C=O) groups excluding carboxylic acids is 1. The molecule has 0 radical (unpaired) electrons. The van der Waals surface area contributed by atoms with Crippen molar-refractivity contribution >= 4 is 15.9 Å². The maximum atomic E-state index is 12.6. The number of ether oxygens (including phenoxy) is 2. The minimum absolute atomic E-state index is 0.0618. The molecule has 2 rings (SSSR count). The number of sulfonamides is 1. The molecule has 0 aliphatic heterocycles. The van der Waals surface area contributed by atoms with E-state index >= 15 is 0 Å². The first kappa shape index (κ1) is 20.7. The molecule has 7 nitrogen and oxygen atoms in total. The fourth-order valence-electron chi connectivity index (χ4n) is 2.54. The maximum Gasteiger partial charge on any atom is 0.251 e. The van der Waals surface area contributed by atoms with E-state index in [1.54, 1.807) is 44.6 Å². The van der Waals surface area contributed by atoms with E-state index < -0.39 is 10.0 Å². The molecule has 0 fully saturated rings. The molecule has 2 aromatic carbocycles. The number of benzene rings is 2. The zero-order chi connectivity index (χ0) is 20.2. The predicted octanol–water partition coefficient (Wildman–Crippen LogP) is 2.45. The first-order chi connectivity index (χ1) is 12.7. The highest BCUT2D eigenvalue weighted by molar-refractivity contribution is 7.89. The Morgan fingerprint density at radius 2 is 1.78 bits per heavy atom. The van der Waals surface area contributed by atoms with Crippen molar-refractivity contribution in [3.8, 4) is 11.5 Å². The highest BCUT2D eigenvalue weighted by atomic mass is 32.2. The molecule has 2 aromatic rings. The van der Waals surface area contributed by atoms with Crippen molar-refractivity contribution in [2.75, 3.05) is 28.3 Å². The highest BCUT2D eigenvalue weighted by Gasteiger charge is 2.20. The summed E-state index contributed by atoms with van der Waals surface area (Å²) >= 11 is 0. The Balaban J connectivity index is 2.28. The number of methoxy groups -OCH3 is 2. The lowest BCUT2D eigenvalue weighted by molar-refractivity contribution is 0.0939. The van der Waals surface area contributed by atoms with Gasteiger partial charge in [-0.05, 0) is 43.3 Å². The first-order valence-corrected chi connectivity index (χ1v) is 9.70. The monoisotopic (exact) mass is 392 g/mol. The van der Waals surface area contributed by atoms with Crippen LogP contribution in [-0.4, -0.2) is 46.9 Å². The minimum atomic E-state index is -3.62. The number of hydrogen-bond donors (Lipinski definition) is 1. The van der Waals surface area contributed by atoms with Gasteiger partial charge in [0.05, 0.1) is 25.2 Å². The largest absolute Gasteiger partial charge is 0.497 e. The van der Waals surface area contributed by atoms with Gasteiger partial charge in [0.15, 0.2) is 0 Å². The summed E-state index contributed by atoms with van der Waals surface area (Å²) in [5.41, 5.74) is 1.01. The molecule has 0 spiro atoms. The van der Waals surface area contributed by atoms with Crippen molar-refractivity contribution in [3.63, 3.8) is 0 Å². The van der Waals surface area contributed by atoms with E-state index in [1.165, 1.54) is 26.2 Å². The van der Waals surface area contributed by atoms with E-state index in [9.17, 15) is 13.2 Å². The SMILES string of the molecule is COc1ccc(OC)c([C@H](C)NC(=O)c2cccc(S(=O)(=O)N(C)C)c2)c1. The van der Waals surface area contributed by atoms with E-state index in [2.05, 4.69) is 5.32 Å². The Morgan fingerprint density at radius 1 is 1.07 bits per heavy atom. The van der Waals surface area contributed by atoms with Crippen LogP contribution in [0.4, 0.5) is 0 Å². The van der Waals surface area contributed by atoms with Gasteiger partial charge in [0.2, 0.25) is 10.0 Å². The van der Waals surface area contributed by atoms with Gasteiger partial charge in [-0.15, -0.1) is 0 Å². The molecule has 0 saturated carbocycles. The third-order valence-electron chi connectivity index (χ3n) is 4.13. The summed E-state index contributed by atoms with van der Waals surface area (Å²) in [6.45, 7) is 1.82. The molecule has 0 bridgehead atoms. The fraction of sp³-hybridized carbons (Fsp3) is 0.316. The quantitative estimate of drug-likeness (QED) is 0.782. The Hall–Kier alpha value is -2.58. The summed E-state index contributed by atoms with van der Waals surface area (Å²) in [7, 11) is 2.38. The van der Waals surface area contributed by atoms with Gasteiger partial charge in [-0.2, -0.15) is 0 Å². The van der Waals surface area contributed by atoms with Gasteiger partial charge in [0.1, 0.15) is 11.5 Å². The van der Waals surface area contributed by atoms with Crippen molar-refractivity contribution in [3.05, 3.63) is 53.6 Å². The summed E-state index contributed by atoms with van der Waals surface area (Å²) in [4.78, 5) is 12.7. The van der Waals surface area contributed by atoms with E-state index in [4.69, 9.17) is 9.47 Å². The summed E-state index contributed by atoms with van der Waals surface area (Å²) in [6, 6.07) is 10.9. The Labute approximate surface area is 160 Å². The Bertz CT molecular complexity index is 925. The maximum absolute atomic E-state index is 12.6. The van der Waals surface area contributed by atoms with E-state index in [-0.39, 0.29) is 22.4 Å². The summed E-state index contributed by atoms with van der Waals surface area (Å²) in [6.07, 6.45) is 0. The van der Waals surface area contributed by atoms with Crippen LogP contribution >= 0.6 is 0 Å². The van der Waals surface area contributed by atoms with Gasteiger partial charge in [0, 0.05) is 25.2 Å². The van der Waals surface area contributed by atoms with Crippen LogP contribution in [0, 0.1) is 0 Å². The number of hydrogen-bond acceptors (Lipinski definition) is 5. The molecule has 0 aliphatic carbocycles. The molecule has 0 saturated heterocycles. The van der Waals surface area contributed by atoms with Gasteiger partial charge in [0.25, 0.3) is 5.91 Å². The average molecular weight is 392 g/mol. The molecule has 0 aliphatic rings. The van der Waals surface area contributed by atoms with Crippen molar-refractivity contribution in [1.82, 2.24) is 9.62 Å². The summed E-state index contributed by atoms with van der Waals surface area (Å²) in [5.74, 6) is 0.877. The Kier molecular flexibility index (Phi) is 6.45. The van der Waals surface area contributed by atoms with Crippen LogP contribution < -0.4 is 14.8 Å². The third-order valence-corrected chi connectivity index (χ3v) is 5.94. The standard InChI is InChI=1S/C19H24N2O5S/c1-13(17-12-15(25-4)9-10-18(17)26-5)20-19(22)14-7-6-8-16(11-14)27(23,24)21(2)3/h6-13H,1-5H3,(H,20,22)/t13-/m0/s1. The summed E-state index contributed by atoms with van der Waals surface area (Å²) in [5, 5.41) is 2.86. The van der Waals surface area contributed by atoms with Gasteiger partial charge < -0.3 is 14.8 Å². The zero-order valence-corrected chi connectivity index (χ0v) is 16.8. The molecule has 0 unspecified atom stereocenters. The predicted molar refractivity (Wildman–Crippen MR) is 103 cm³/mol. The summed E-state index contributed by atoms with van der Waals surface area (Å²) < 4.78 is 36.2. The number of rotatable bonds is 7. The van der Waals surface area contributed by atoms with Crippen LogP contribution in [0.15, 0.2) is 47.4 Å². The van der Waals surface area contributed by atoms with Crippen molar-refractivity contribution < 1.29 is 22.7 Å². The van der Waals surface area contributed by atoms with Crippen molar-refractivity contribution in [2.24, 2.45) is 0 Å². The third kappa shape index (κ3) is 4.58. The van der Waals surface area contributed by atoms with E-state index in [0.717, 1.165) is 9.87 Å². The second kappa shape index (κ2) is 8.41.